The summed E-state index contributed by atoms with van der Waals surface area (Å²) in [7, 11) is 1.68. The van der Waals surface area contributed by atoms with E-state index in [2.05, 4.69) is 0 Å². The van der Waals surface area contributed by atoms with Crippen LogP contribution in [0.3, 0.4) is 0 Å². The van der Waals surface area contributed by atoms with E-state index in [0.717, 1.165) is 0 Å². The average Bonchev–Trinajstić information content (AvgIpc) is 1.98. The van der Waals surface area contributed by atoms with Gasteiger partial charge in [-0.25, -0.2) is 4.79 Å². The Bertz CT molecular complexity index is 233. The number of amides is 3. The fourth-order valence-corrected chi connectivity index (χ4v) is 0.742. The molecule has 13 heavy (non-hydrogen) atoms. The molecule has 0 unspecified atom stereocenters. The molecule has 0 rings (SSSR count). The standard InChI is InChI=1S/C7H12N4O2/c1-11(4-2-3-8)5-6(12)10-7(9)13/h2,4-5H2,1H3,(H3,9,10,12,13). The van der Waals surface area contributed by atoms with E-state index < -0.39 is 11.9 Å². The van der Waals surface area contributed by atoms with Crippen molar-refractivity contribution >= 4 is 11.9 Å². The lowest BCUT2D eigenvalue weighted by Gasteiger charge is -2.12. The van der Waals surface area contributed by atoms with Gasteiger partial charge in [-0.05, 0) is 7.05 Å². The molecule has 6 heteroatoms. The van der Waals surface area contributed by atoms with Crippen molar-refractivity contribution in [2.45, 2.75) is 6.42 Å². The van der Waals surface area contributed by atoms with Crippen LogP contribution in [0.25, 0.3) is 0 Å². The number of likely N-dealkylation sites (N-methyl/N-ethyl adjacent to an activating group) is 1. The second-order valence-corrected chi connectivity index (χ2v) is 2.56. The van der Waals surface area contributed by atoms with Gasteiger partial charge in [0, 0.05) is 13.0 Å². The number of nitrogens with two attached hydrogens (primary N) is 1. The van der Waals surface area contributed by atoms with Crippen LogP contribution in [0.4, 0.5) is 4.79 Å². The lowest BCUT2D eigenvalue weighted by atomic mass is 10.4. The zero-order valence-corrected chi connectivity index (χ0v) is 7.41. The molecule has 0 spiro atoms. The van der Waals surface area contributed by atoms with E-state index in [1.807, 2.05) is 11.4 Å². The number of primary amides is 1. The van der Waals surface area contributed by atoms with Crippen molar-refractivity contribution in [3.63, 3.8) is 0 Å². The number of nitriles is 1. The van der Waals surface area contributed by atoms with E-state index in [4.69, 9.17) is 11.0 Å². The third-order valence-corrected chi connectivity index (χ3v) is 1.28. The normalized spacial score (nSPS) is 9.31. The first kappa shape index (κ1) is 11.4. The minimum Gasteiger partial charge on any atom is -0.351 e. The van der Waals surface area contributed by atoms with Crippen molar-refractivity contribution in [2.75, 3.05) is 20.1 Å². The zero-order chi connectivity index (χ0) is 10.3. The maximum atomic E-state index is 10.9. The quantitative estimate of drug-likeness (QED) is 0.587. The molecule has 72 valence electrons. The number of carbonyl (C=O) groups is 2. The third kappa shape index (κ3) is 6.77. The fourth-order valence-electron chi connectivity index (χ4n) is 0.742. The molecule has 0 bridgehead atoms. The summed E-state index contributed by atoms with van der Waals surface area (Å²) in [6.45, 7) is 0.549. The molecule has 0 saturated heterocycles. The molecule has 0 aliphatic heterocycles. The highest BCUT2D eigenvalue weighted by Gasteiger charge is 2.07. The Hall–Kier alpha value is -1.61. The first-order valence-corrected chi connectivity index (χ1v) is 3.71. The fraction of sp³-hybridized carbons (Fsp3) is 0.571. The largest absolute Gasteiger partial charge is 0.351 e. The molecule has 0 atom stereocenters. The van der Waals surface area contributed by atoms with Gasteiger partial charge in [-0.15, -0.1) is 0 Å². The molecule has 0 saturated carbocycles. The summed E-state index contributed by atoms with van der Waals surface area (Å²) in [6, 6.07) is 1.09. The van der Waals surface area contributed by atoms with Crippen LogP contribution in [0.5, 0.6) is 0 Å². The Morgan fingerprint density at radius 1 is 1.62 bits per heavy atom. The van der Waals surface area contributed by atoms with Gasteiger partial charge in [0.1, 0.15) is 0 Å². The Morgan fingerprint density at radius 2 is 2.23 bits per heavy atom. The Balaban J connectivity index is 3.66. The van der Waals surface area contributed by atoms with E-state index in [-0.39, 0.29) is 6.54 Å². The molecule has 3 N–H and O–H groups in total. The average molecular weight is 184 g/mol. The van der Waals surface area contributed by atoms with E-state index in [9.17, 15) is 9.59 Å². The highest BCUT2D eigenvalue weighted by Crippen LogP contribution is 1.84. The van der Waals surface area contributed by atoms with Crippen molar-refractivity contribution < 1.29 is 9.59 Å². The molecule has 0 heterocycles. The van der Waals surface area contributed by atoms with Crippen LogP contribution in [0, 0.1) is 11.3 Å². The van der Waals surface area contributed by atoms with Gasteiger partial charge >= 0.3 is 6.03 Å². The van der Waals surface area contributed by atoms with Crippen molar-refractivity contribution in [3.05, 3.63) is 0 Å². The molecular formula is C7H12N4O2. The second-order valence-electron chi connectivity index (χ2n) is 2.56. The Labute approximate surface area is 76.3 Å². The van der Waals surface area contributed by atoms with Crippen LogP contribution in [0.1, 0.15) is 6.42 Å². The van der Waals surface area contributed by atoms with Crippen LogP contribution >= 0.6 is 0 Å². The number of rotatable bonds is 4. The molecule has 0 fully saturated rings. The van der Waals surface area contributed by atoms with Gasteiger partial charge in [-0.1, -0.05) is 0 Å². The van der Waals surface area contributed by atoms with Crippen molar-refractivity contribution in [2.24, 2.45) is 5.73 Å². The summed E-state index contributed by atoms with van der Waals surface area (Å²) in [5.41, 5.74) is 4.73. The summed E-state index contributed by atoms with van der Waals surface area (Å²) >= 11 is 0. The summed E-state index contributed by atoms with van der Waals surface area (Å²) in [6.07, 6.45) is 0.348. The van der Waals surface area contributed by atoms with Crippen LogP contribution in [-0.2, 0) is 4.79 Å². The molecule has 3 amide bonds. The van der Waals surface area contributed by atoms with Crippen LogP contribution in [0.15, 0.2) is 0 Å². The number of hydrogen-bond acceptors (Lipinski definition) is 4. The van der Waals surface area contributed by atoms with Crippen molar-refractivity contribution in [1.82, 2.24) is 10.2 Å². The highest BCUT2D eigenvalue weighted by molar-refractivity contribution is 5.94. The minimum absolute atomic E-state index is 0.0601. The number of nitrogens with one attached hydrogen (secondary N) is 1. The van der Waals surface area contributed by atoms with Crippen LogP contribution in [0.2, 0.25) is 0 Å². The van der Waals surface area contributed by atoms with Gasteiger partial charge in [-0.3, -0.25) is 15.0 Å². The summed E-state index contributed by atoms with van der Waals surface area (Å²) < 4.78 is 0. The van der Waals surface area contributed by atoms with Crippen LogP contribution < -0.4 is 11.1 Å². The number of carbonyl (C=O) groups excluding carboxylic acids is 2. The van der Waals surface area contributed by atoms with Gasteiger partial charge in [0.2, 0.25) is 5.91 Å². The summed E-state index contributed by atoms with van der Waals surface area (Å²) in [5.74, 6) is -0.465. The van der Waals surface area contributed by atoms with Crippen LogP contribution in [-0.4, -0.2) is 37.0 Å². The maximum Gasteiger partial charge on any atom is 0.318 e. The zero-order valence-electron chi connectivity index (χ0n) is 7.41. The SMILES string of the molecule is CN(CCC#N)CC(=O)NC(N)=O. The monoisotopic (exact) mass is 184 g/mol. The molecule has 6 nitrogen and oxygen atoms in total. The van der Waals surface area contributed by atoms with Gasteiger partial charge in [0.15, 0.2) is 0 Å². The molecule has 0 aromatic heterocycles. The predicted molar refractivity (Wildman–Crippen MR) is 45.5 cm³/mol. The Kier molecular flexibility index (Phi) is 5.23. The topological polar surface area (TPSA) is 99.2 Å². The van der Waals surface area contributed by atoms with Gasteiger partial charge in [-0.2, -0.15) is 5.26 Å². The highest BCUT2D eigenvalue weighted by atomic mass is 16.2. The maximum absolute atomic E-state index is 10.9. The first-order valence-electron chi connectivity index (χ1n) is 3.71. The molecule has 0 aromatic carbocycles. The predicted octanol–water partition coefficient (Wildman–Crippen LogP) is -0.973. The van der Waals surface area contributed by atoms with Gasteiger partial charge in [0.05, 0.1) is 12.6 Å². The van der Waals surface area contributed by atoms with E-state index >= 15 is 0 Å². The first-order chi connectivity index (χ1) is 6.06. The van der Waals surface area contributed by atoms with Gasteiger partial charge < -0.3 is 5.73 Å². The van der Waals surface area contributed by atoms with Crippen molar-refractivity contribution in [1.29, 1.82) is 5.26 Å². The number of urea groups is 1. The molecule has 0 radical (unpaired) electrons. The minimum atomic E-state index is -0.862. The number of nitrogens with zero attached hydrogens (tertiary/aromatic N) is 2. The van der Waals surface area contributed by atoms with E-state index in [0.29, 0.717) is 13.0 Å². The summed E-state index contributed by atoms with van der Waals surface area (Å²) in [5, 5.41) is 10.2. The number of hydrogen-bond donors (Lipinski definition) is 2. The molecular weight excluding hydrogens is 172 g/mol. The smallest absolute Gasteiger partial charge is 0.318 e. The summed E-state index contributed by atoms with van der Waals surface area (Å²) in [4.78, 5) is 22.7. The molecule has 0 aliphatic rings. The van der Waals surface area contributed by atoms with Gasteiger partial charge in [0.25, 0.3) is 0 Å². The molecule has 0 aromatic rings. The van der Waals surface area contributed by atoms with E-state index in [1.165, 1.54) is 0 Å². The Morgan fingerprint density at radius 3 is 2.69 bits per heavy atom. The third-order valence-electron chi connectivity index (χ3n) is 1.28. The molecule has 0 aliphatic carbocycles. The number of imide groups is 1. The van der Waals surface area contributed by atoms with E-state index in [1.54, 1.807) is 11.9 Å². The lowest BCUT2D eigenvalue weighted by Crippen LogP contribution is -2.41. The van der Waals surface area contributed by atoms with Crippen molar-refractivity contribution in [3.8, 4) is 6.07 Å². The second kappa shape index (κ2) is 5.97. The lowest BCUT2D eigenvalue weighted by molar-refractivity contribution is -0.120.